The molecule has 0 saturated heterocycles. The van der Waals surface area contributed by atoms with Crippen molar-refractivity contribution in [2.24, 2.45) is 0 Å². The molecule has 0 fully saturated rings. The molecule has 0 spiro atoms. The van der Waals surface area contributed by atoms with Gasteiger partial charge < -0.3 is 25.4 Å². The van der Waals surface area contributed by atoms with E-state index in [1.807, 2.05) is 24.3 Å². The maximum atomic E-state index is 11.9. The van der Waals surface area contributed by atoms with Crippen molar-refractivity contribution < 1.29 is 9.59 Å². The summed E-state index contributed by atoms with van der Waals surface area (Å²) in [5.74, 6) is 0. The zero-order valence-corrected chi connectivity index (χ0v) is 14.4. The zero-order chi connectivity index (χ0) is 17.5. The minimum absolute atomic E-state index is 0.181. The molecule has 1 aromatic heterocycles. The lowest BCUT2D eigenvalue weighted by molar-refractivity contribution is 0.217. The van der Waals surface area contributed by atoms with E-state index in [-0.39, 0.29) is 12.1 Å². The minimum atomic E-state index is -0.290. The Kier molecular flexibility index (Phi) is 6.06. The molecule has 0 aliphatic rings. The van der Waals surface area contributed by atoms with Gasteiger partial charge in [0.2, 0.25) is 0 Å². The molecule has 7 nitrogen and oxygen atoms in total. The molecule has 0 bridgehead atoms. The van der Waals surface area contributed by atoms with Gasteiger partial charge in [0.05, 0.1) is 0 Å². The van der Waals surface area contributed by atoms with Crippen LogP contribution in [0.25, 0.3) is 10.9 Å². The van der Waals surface area contributed by atoms with E-state index >= 15 is 0 Å². The topological polar surface area (TPSA) is 78.4 Å². The van der Waals surface area contributed by atoms with Crippen molar-refractivity contribution in [1.29, 1.82) is 0 Å². The Hall–Kier alpha value is -2.70. The number of hydrogen-bond donors (Lipinski definition) is 3. The SMILES string of the molecule is CCCn1ccc2cc(NC(=O)NCCNC(=O)N(C)C)ccc21. The molecule has 2 aromatic rings. The number of fused-ring (bicyclic) bond motifs is 1. The first-order valence-corrected chi connectivity index (χ1v) is 8.10. The van der Waals surface area contributed by atoms with Gasteiger partial charge in [-0.1, -0.05) is 6.92 Å². The third kappa shape index (κ3) is 4.65. The maximum Gasteiger partial charge on any atom is 0.319 e. The fourth-order valence-electron chi connectivity index (χ4n) is 2.39. The maximum absolute atomic E-state index is 11.9. The summed E-state index contributed by atoms with van der Waals surface area (Å²) >= 11 is 0. The lowest BCUT2D eigenvalue weighted by Crippen LogP contribution is -2.40. The summed E-state index contributed by atoms with van der Waals surface area (Å²) in [6.07, 6.45) is 3.14. The molecule has 0 radical (unpaired) electrons. The van der Waals surface area contributed by atoms with Gasteiger partial charge in [0, 0.05) is 56.5 Å². The van der Waals surface area contributed by atoms with Crippen molar-refractivity contribution in [2.75, 3.05) is 32.5 Å². The van der Waals surface area contributed by atoms with Gasteiger partial charge in [0.25, 0.3) is 0 Å². The third-order valence-electron chi connectivity index (χ3n) is 3.59. The highest BCUT2D eigenvalue weighted by molar-refractivity contribution is 5.93. The Balaban J connectivity index is 1.83. The van der Waals surface area contributed by atoms with Crippen LogP contribution in [-0.2, 0) is 6.54 Å². The number of urea groups is 2. The van der Waals surface area contributed by atoms with Crippen LogP contribution < -0.4 is 16.0 Å². The Morgan fingerprint density at radius 2 is 1.88 bits per heavy atom. The van der Waals surface area contributed by atoms with Crippen molar-refractivity contribution in [3.05, 3.63) is 30.5 Å². The molecule has 24 heavy (non-hydrogen) atoms. The van der Waals surface area contributed by atoms with E-state index < -0.39 is 0 Å². The van der Waals surface area contributed by atoms with Crippen molar-refractivity contribution >= 4 is 28.7 Å². The highest BCUT2D eigenvalue weighted by Crippen LogP contribution is 2.20. The Labute approximate surface area is 142 Å². The fourth-order valence-corrected chi connectivity index (χ4v) is 2.39. The first kappa shape index (κ1) is 17.7. The molecule has 2 rings (SSSR count). The van der Waals surface area contributed by atoms with Crippen LogP contribution in [0.3, 0.4) is 0 Å². The number of nitrogens with zero attached hydrogens (tertiary/aromatic N) is 2. The van der Waals surface area contributed by atoms with Crippen molar-refractivity contribution in [3.8, 4) is 0 Å². The number of nitrogens with one attached hydrogen (secondary N) is 3. The van der Waals surface area contributed by atoms with E-state index in [0.717, 1.165) is 29.6 Å². The number of rotatable bonds is 6. The van der Waals surface area contributed by atoms with Crippen molar-refractivity contribution in [3.63, 3.8) is 0 Å². The van der Waals surface area contributed by atoms with Crippen LogP contribution in [0.5, 0.6) is 0 Å². The van der Waals surface area contributed by atoms with Crippen LogP contribution in [0.4, 0.5) is 15.3 Å². The largest absolute Gasteiger partial charge is 0.347 e. The monoisotopic (exact) mass is 331 g/mol. The van der Waals surface area contributed by atoms with Crippen LogP contribution in [0.2, 0.25) is 0 Å². The molecule has 7 heteroatoms. The molecule has 4 amide bonds. The van der Waals surface area contributed by atoms with E-state index in [9.17, 15) is 9.59 Å². The van der Waals surface area contributed by atoms with Gasteiger partial charge in [-0.05, 0) is 30.7 Å². The molecule has 130 valence electrons. The number of hydrogen-bond acceptors (Lipinski definition) is 2. The van der Waals surface area contributed by atoms with Crippen LogP contribution >= 0.6 is 0 Å². The Bertz CT molecular complexity index is 708. The van der Waals surface area contributed by atoms with E-state index in [1.54, 1.807) is 14.1 Å². The van der Waals surface area contributed by atoms with Crippen LogP contribution in [-0.4, -0.2) is 48.7 Å². The quantitative estimate of drug-likeness (QED) is 0.711. The second-order valence-corrected chi connectivity index (χ2v) is 5.79. The Morgan fingerprint density at radius 1 is 1.12 bits per heavy atom. The predicted molar refractivity (Wildman–Crippen MR) is 96.3 cm³/mol. The summed E-state index contributed by atoms with van der Waals surface area (Å²) in [6.45, 7) is 3.87. The molecule has 1 aromatic carbocycles. The van der Waals surface area contributed by atoms with Gasteiger partial charge in [0.15, 0.2) is 0 Å². The number of anilines is 1. The molecule has 0 unspecified atom stereocenters. The number of benzene rings is 1. The minimum Gasteiger partial charge on any atom is -0.347 e. The number of carbonyl (C=O) groups excluding carboxylic acids is 2. The van der Waals surface area contributed by atoms with Gasteiger partial charge in [-0.15, -0.1) is 0 Å². The molecule has 0 saturated carbocycles. The van der Waals surface area contributed by atoms with E-state index in [1.165, 1.54) is 4.90 Å². The van der Waals surface area contributed by atoms with E-state index in [0.29, 0.717) is 13.1 Å². The summed E-state index contributed by atoms with van der Waals surface area (Å²) in [5.41, 5.74) is 1.90. The standard InChI is InChI=1S/C17H25N5O2/c1-4-10-22-11-7-13-12-14(5-6-15(13)22)20-16(23)18-8-9-19-17(24)21(2)3/h5-7,11-12H,4,8-10H2,1-3H3,(H,19,24)(H2,18,20,23). The van der Waals surface area contributed by atoms with Crippen LogP contribution in [0.1, 0.15) is 13.3 Å². The lowest BCUT2D eigenvalue weighted by Gasteiger charge is -2.12. The summed E-state index contributed by atoms with van der Waals surface area (Å²) < 4.78 is 2.20. The number of carbonyl (C=O) groups is 2. The summed E-state index contributed by atoms with van der Waals surface area (Å²) in [5, 5.41) is 9.29. The van der Waals surface area contributed by atoms with Gasteiger partial charge in [0.1, 0.15) is 0 Å². The summed E-state index contributed by atoms with van der Waals surface area (Å²) in [4.78, 5) is 24.7. The summed E-state index contributed by atoms with van der Waals surface area (Å²) in [7, 11) is 3.33. The highest BCUT2D eigenvalue weighted by atomic mass is 16.2. The molecular weight excluding hydrogens is 306 g/mol. The second-order valence-electron chi connectivity index (χ2n) is 5.79. The van der Waals surface area contributed by atoms with Gasteiger partial charge >= 0.3 is 12.1 Å². The van der Waals surface area contributed by atoms with Gasteiger partial charge in [-0.25, -0.2) is 9.59 Å². The number of aromatic nitrogens is 1. The second kappa shape index (κ2) is 8.24. The molecule has 1 heterocycles. The summed E-state index contributed by atoms with van der Waals surface area (Å²) in [6, 6.07) is 7.43. The average molecular weight is 331 g/mol. The number of amides is 4. The van der Waals surface area contributed by atoms with E-state index in [2.05, 4.69) is 33.6 Å². The van der Waals surface area contributed by atoms with Gasteiger partial charge in [-0.2, -0.15) is 0 Å². The van der Waals surface area contributed by atoms with Crippen LogP contribution in [0.15, 0.2) is 30.5 Å². The number of aryl methyl sites for hydroxylation is 1. The average Bonchev–Trinajstić information content (AvgIpc) is 2.94. The zero-order valence-electron chi connectivity index (χ0n) is 14.4. The van der Waals surface area contributed by atoms with Crippen molar-refractivity contribution in [1.82, 2.24) is 20.1 Å². The highest BCUT2D eigenvalue weighted by Gasteiger charge is 2.06. The van der Waals surface area contributed by atoms with Crippen molar-refractivity contribution in [2.45, 2.75) is 19.9 Å². The normalized spacial score (nSPS) is 10.5. The smallest absolute Gasteiger partial charge is 0.319 e. The lowest BCUT2D eigenvalue weighted by atomic mass is 10.2. The molecule has 0 atom stereocenters. The molecular formula is C17H25N5O2. The molecule has 3 N–H and O–H groups in total. The third-order valence-corrected chi connectivity index (χ3v) is 3.59. The fraction of sp³-hybridized carbons (Fsp3) is 0.412. The van der Waals surface area contributed by atoms with Crippen LogP contribution in [0, 0.1) is 0 Å². The molecule has 0 aliphatic carbocycles. The Morgan fingerprint density at radius 3 is 2.58 bits per heavy atom. The first-order valence-electron chi connectivity index (χ1n) is 8.10. The van der Waals surface area contributed by atoms with Gasteiger partial charge in [-0.3, -0.25) is 0 Å². The first-order chi connectivity index (χ1) is 11.5. The molecule has 0 aliphatic heterocycles. The van der Waals surface area contributed by atoms with E-state index in [4.69, 9.17) is 0 Å². The predicted octanol–water partition coefficient (Wildman–Crippen LogP) is 2.44.